The predicted molar refractivity (Wildman–Crippen MR) is 109 cm³/mol. The molecular weight excluding hydrogens is 318 g/mol. The van der Waals surface area contributed by atoms with Gasteiger partial charge in [0.2, 0.25) is 0 Å². The fraction of sp³-hybridized carbons (Fsp3) is 0.250. The quantitative estimate of drug-likeness (QED) is 0.547. The number of methoxy groups -OCH3 is 1. The Labute approximate surface area is 156 Å². The zero-order valence-corrected chi connectivity index (χ0v) is 15.5. The molecular formula is C24H25NO. The van der Waals surface area contributed by atoms with Crippen molar-refractivity contribution in [2.75, 3.05) is 12.0 Å². The van der Waals surface area contributed by atoms with Crippen LogP contribution in [-0.2, 0) is 12.8 Å². The van der Waals surface area contributed by atoms with E-state index in [1.54, 1.807) is 7.11 Å². The molecule has 0 saturated heterocycles. The Hall–Kier alpha value is -2.74. The third-order valence-electron chi connectivity index (χ3n) is 5.23. The van der Waals surface area contributed by atoms with Crippen LogP contribution in [0.4, 0.5) is 17.1 Å². The third-order valence-corrected chi connectivity index (χ3v) is 5.23. The molecule has 0 heterocycles. The summed E-state index contributed by atoms with van der Waals surface area (Å²) in [7, 11) is 1.71. The van der Waals surface area contributed by atoms with Crippen LogP contribution in [0.2, 0.25) is 0 Å². The molecule has 3 aromatic carbocycles. The van der Waals surface area contributed by atoms with Gasteiger partial charge in [-0.15, -0.1) is 0 Å². The molecule has 0 atom stereocenters. The van der Waals surface area contributed by atoms with Crippen molar-refractivity contribution in [1.82, 2.24) is 0 Å². The highest BCUT2D eigenvalue weighted by Gasteiger charge is 2.20. The van der Waals surface area contributed by atoms with Gasteiger partial charge in [-0.25, -0.2) is 0 Å². The second-order valence-corrected chi connectivity index (χ2v) is 6.99. The number of nitrogens with zero attached hydrogens (tertiary/aromatic N) is 1. The average molecular weight is 343 g/mol. The largest absolute Gasteiger partial charge is 0.497 e. The van der Waals surface area contributed by atoms with Crippen molar-refractivity contribution in [2.24, 2.45) is 0 Å². The number of fused-ring (bicyclic) bond motifs is 1. The minimum atomic E-state index is 0.882. The van der Waals surface area contributed by atoms with Gasteiger partial charge in [-0.1, -0.05) is 29.8 Å². The van der Waals surface area contributed by atoms with Gasteiger partial charge in [-0.3, -0.25) is 0 Å². The number of aryl methyl sites for hydroxylation is 2. The van der Waals surface area contributed by atoms with E-state index in [0.29, 0.717) is 0 Å². The lowest BCUT2D eigenvalue weighted by Gasteiger charge is -2.30. The van der Waals surface area contributed by atoms with Crippen molar-refractivity contribution in [3.05, 3.63) is 83.4 Å². The Morgan fingerprint density at radius 1 is 0.769 bits per heavy atom. The first-order valence-corrected chi connectivity index (χ1v) is 9.38. The van der Waals surface area contributed by atoms with Crippen LogP contribution in [0, 0.1) is 6.92 Å². The van der Waals surface area contributed by atoms with Crippen LogP contribution in [0.5, 0.6) is 5.75 Å². The summed E-state index contributed by atoms with van der Waals surface area (Å²) in [6.07, 6.45) is 4.91. The minimum absolute atomic E-state index is 0.882. The normalized spacial score (nSPS) is 13.2. The Morgan fingerprint density at radius 3 is 2.12 bits per heavy atom. The van der Waals surface area contributed by atoms with E-state index in [4.69, 9.17) is 4.74 Å². The first-order valence-electron chi connectivity index (χ1n) is 9.38. The van der Waals surface area contributed by atoms with Gasteiger partial charge in [0, 0.05) is 17.1 Å². The van der Waals surface area contributed by atoms with Crippen molar-refractivity contribution >= 4 is 17.1 Å². The second kappa shape index (κ2) is 7.25. The highest BCUT2D eigenvalue weighted by atomic mass is 16.5. The lowest BCUT2D eigenvalue weighted by Crippen LogP contribution is -2.15. The maximum absolute atomic E-state index is 5.35. The molecule has 2 heteroatoms. The van der Waals surface area contributed by atoms with Gasteiger partial charge in [-0.2, -0.15) is 0 Å². The van der Waals surface area contributed by atoms with Crippen molar-refractivity contribution in [1.29, 1.82) is 0 Å². The molecule has 1 aliphatic rings. The maximum atomic E-state index is 5.35. The number of hydrogen-bond donors (Lipinski definition) is 0. The fourth-order valence-electron chi connectivity index (χ4n) is 3.82. The van der Waals surface area contributed by atoms with Crippen LogP contribution in [0.1, 0.15) is 29.5 Å². The summed E-state index contributed by atoms with van der Waals surface area (Å²) in [5, 5.41) is 0. The van der Waals surface area contributed by atoms with E-state index >= 15 is 0 Å². The van der Waals surface area contributed by atoms with Crippen LogP contribution in [0.25, 0.3) is 0 Å². The topological polar surface area (TPSA) is 12.5 Å². The molecule has 0 aliphatic heterocycles. The van der Waals surface area contributed by atoms with Gasteiger partial charge >= 0.3 is 0 Å². The summed E-state index contributed by atoms with van der Waals surface area (Å²) in [5.74, 6) is 0.882. The monoisotopic (exact) mass is 343 g/mol. The molecule has 0 unspecified atom stereocenters. The molecule has 1 aliphatic carbocycles. The number of anilines is 3. The van der Waals surface area contributed by atoms with Crippen LogP contribution in [-0.4, -0.2) is 7.11 Å². The van der Waals surface area contributed by atoms with E-state index in [-0.39, 0.29) is 0 Å². The Kier molecular flexibility index (Phi) is 4.66. The summed E-state index contributed by atoms with van der Waals surface area (Å²) in [5.41, 5.74) is 7.93. The molecule has 132 valence electrons. The van der Waals surface area contributed by atoms with E-state index in [2.05, 4.69) is 66.4 Å². The van der Waals surface area contributed by atoms with Gasteiger partial charge in [-0.05, 0) is 86.2 Å². The van der Waals surface area contributed by atoms with Gasteiger partial charge in [0.05, 0.1) is 7.11 Å². The lowest BCUT2D eigenvalue weighted by atomic mass is 9.90. The zero-order valence-electron chi connectivity index (χ0n) is 15.5. The smallest absolute Gasteiger partial charge is 0.119 e. The number of rotatable bonds is 4. The highest BCUT2D eigenvalue weighted by Crippen LogP contribution is 2.40. The SMILES string of the molecule is COc1ccc(N(c2ccc(C)cc2)c2cccc3c2CCCC3)cc1. The number of ether oxygens (including phenoxy) is 1. The number of hydrogen-bond acceptors (Lipinski definition) is 2. The van der Waals surface area contributed by atoms with E-state index in [9.17, 15) is 0 Å². The van der Waals surface area contributed by atoms with Gasteiger partial charge in [0.15, 0.2) is 0 Å². The van der Waals surface area contributed by atoms with Crippen molar-refractivity contribution in [3.63, 3.8) is 0 Å². The van der Waals surface area contributed by atoms with Crippen molar-refractivity contribution in [2.45, 2.75) is 32.6 Å². The summed E-state index contributed by atoms with van der Waals surface area (Å²) < 4.78 is 5.35. The molecule has 0 aromatic heterocycles. The van der Waals surface area contributed by atoms with Crippen LogP contribution < -0.4 is 9.64 Å². The first-order chi connectivity index (χ1) is 12.8. The van der Waals surface area contributed by atoms with Crippen LogP contribution in [0.3, 0.4) is 0 Å². The van der Waals surface area contributed by atoms with Crippen LogP contribution in [0.15, 0.2) is 66.7 Å². The molecule has 0 saturated carbocycles. The zero-order chi connectivity index (χ0) is 17.9. The van der Waals surface area contributed by atoms with Crippen LogP contribution >= 0.6 is 0 Å². The minimum Gasteiger partial charge on any atom is -0.497 e. The summed E-state index contributed by atoms with van der Waals surface area (Å²) >= 11 is 0. The summed E-state index contributed by atoms with van der Waals surface area (Å²) in [6, 6.07) is 23.9. The molecule has 0 radical (unpaired) electrons. The van der Waals surface area contributed by atoms with E-state index in [1.807, 2.05) is 12.1 Å². The van der Waals surface area contributed by atoms with Gasteiger partial charge in [0.1, 0.15) is 5.75 Å². The molecule has 4 rings (SSSR count). The van der Waals surface area contributed by atoms with Gasteiger partial charge < -0.3 is 9.64 Å². The van der Waals surface area contributed by atoms with E-state index in [0.717, 1.165) is 17.9 Å². The molecule has 0 spiro atoms. The standard InChI is InChI=1S/C24H25NO/c1-18-10-12-20(13-11-18)25(21-14-16-22(26-2)17-15-21)24-9-5-7-19-6-3-4-8-23(19)24/h5,7,9-17H,3-4,6,8H2,1-2H3. The molecule has 26 heavy (non-hydrogen) atoms. The molecule has 0 bridgehead atoms. The number of benzene rings is 3. The molecule has 0 fully saturated rings. The third kappa shape index (κ3) is 3.20. The first kappa shape index (κ1) is 16.7. The summed E-state index contributed by atoms with van der Waals surface area (Å²) in [4.78, 5) is 2.38. The van der Waals surface area contributed by atoms with Crippen molar-refractivity contribution < 1.29 is 4.74 Å². The van der Waals surface area contributed by atoms with Gasteiger partial charge in [0.25, 0.3) is 0 Å². The van der Waals surface area contributed by atoms with Crippen molar-refractivity contribution in [3.8, 4) is 5.75 Å². The molecule has 0 amide bonds. The Bertz CT molecular complexity index is 881. The lowest BCUT2D eigenvalue weighted by molar-refractivity contribution is 0.415. The molecule has 0 N–H and O–H groups in total. The predicted octanol–water partition coefficient (Wildman–Crippen LogP) is 6.35. The molecule has 2 nitrogen and oxygen atoms in total. The average Bonchev–Trinajstić information content (AvgIpc) is 2.70. The highest BCUT2D eigenvalue weighted by molar-refractivity contribution is 5.79. The van der Waals surface area contributed by atoms with E-state index in [1.165, 1.54) is 47.3 Å². The fourth-order valence-corrected chi connectivity index (χ4v) is 3.82. The second-order valence-electron chi connectivity index (χ2n) is 6.99. The Balaban J connectivity index is 1.86. The molecule has 3 aromatic rings. The van der Waals surface area contributed by atoms with E-state index < -0.39 is 0 Å². The summed E-state index contributed by atoms with van der Waals surface area (Å²) in [6.45, 7) is 2.13. The maximum Gasteiger partial charge on any atom is 0.119 e. The Morgan fingerprint density at radius 2 is 1.42 bits per heavy atom.